The number of esters is 1. The molecule has 0 saturated heterocycles. The van der Waals surface area contributed by atoms with E-state index in [0.717, 1.165) is 12.1 Å². The topological polar surface area (TPSA) is 26.3 Å². The number of carbonyl (C=O) groups is 1. The van der Waals surface area contributed by atoms with Gasteiger partial charge in [0.15, 0.2) is 0 Å². The molecule has 0 atom stereocenters. The van der Waals surface area contributed by atoms with Crippen LogP contribution >= 0.6 is 23.2 Å². The fourth-order valence-electron chi connectivity index (χ4n) is 1.01. The third kappa shape index (κ3) is 3.35. The first-order valence-corrected chi connectivity index (χ1v) is 5.34. The highest BCUT2D eigenvalue weighted by Crippen LogP contribution is 2.25. The molecule has 1 rings (SSSR count). The van der Waals surface area contributed by atoms with Crippen molar-refractivity contribution in [3.63, 3.8) is 0 Å². The molecule has 1 aromatic carbocycles. The van der Waals surface area contributed by atoms with Gasteiger partial charge in [-0.05, 0) is 32.9 Å². The Kier molecular flexibility index (Phi) is 3.81. The molecule has 0 bridgehead atoms. The Hall–Kier alpha value is -0.800. The number of rotatable bonds is 1. The molecule has 0 aliphatic heterocycles. The predicted molar refractivity (Wildman–Crippen MR) is 61.6 cm³/mol. The van der Waals surface area contributed by atoms with E-state index in [1.165, 1.54) is 0 Å². The van der Waals surface area contributed by atoms with Gasteiger partial charge in [0, 0.05) is 0 Å². The van der Waals surface area contributed by atoms with E-state index in [2.05, 4.69) is 0 Å². The Morgan fingerprint density at radius 3 is 2.31 bits per heavy atom. The number of halogens is 3. The summed E-state index contributed by atoms with van der Waals surface area (Å²) in [7, 11) is 0. The van der Waals surface area contributed by atoms with E-state index >= 15 is 0 Å². The summed E-state index contributed by atoms with van der Waals surface area (Å²) in [5.41, 5.74) is -0.579. The summed E-state index contributed by atoms with van der Waals surface area (Å²) < 4.78 is 18.1. The van der Waals surface area contributed by atoms with Gasteiger partial charge < -0.3 is 4.74 Å². The zero-order valence-corrected chi connectivity index (χ0v) is 10.6. The molecule has 0 spiro atoms. The van der Waals surface area contributed by atoms with Gasteiger partial charge in [0.25, 0.3) is 0 Å². The molecule has 0 N–H and O–H groups in total. The van der Waals surface area contributed by atoms with Crippen molar-refractivity contribution in [2.24, 2.45) is 0 Å². The lowest BCUT2D eigenvalue weighted by atomic mass is 10.1. The van der Waals surface area contributed by atoms with E-state index in [1.54, 1.807) is 20.8 Å². The van der Waals surface area contributed by atoms with E-state index < -0.39 is 17.4 Å². The Morgan fingerprint density at radius 2 is 1.81 bits per heavy atom. The van der Waals surface area contributed by atoms with Crippen LogP contribution in [0.5, 0.6) is 0 Å². The minimum atomic E-state index is -0.668. The average molecular weight is 265 g/mol. The zero-order chi connectivity index (χ0) is 12.5. The van der Waals surface area contributed by atoms with Crippen molar-refractivity contribution in [2.75, 3.05) is 0 Å². The van der Waals surface area contributed by atoms with Crippen molar-refractivity contribution in [1.82, 2.24) is 0 Å². The third-order valence-electron chi connectivity index (χ3n) is 1.63. The lowest BCUT2D eigenvalue weighted by Gasteiger charge is -2.19. The van der Waals surface area contributed by atoms with Crippen LogP contribution in [0.3, 0.4) is 0 Å². The molecule has 0 saturated carbocycles. The number of ether oxygens (including phenoxy) is 1. The molecule has 88 valence electrons. The van der Waals surface area contributed by atoms with Crippen molar-refractivity contribution in [3.8, 4) is 0 Å². The predicted octanol–water partition coefficient (Wildman–Crippen LogP) is 4.09. The molecule has 0 aromatic heterocycles. The number of benzene rings is 1. The van der Waals surface area contributed by atoms with E-state index in [1.807, 2.05) is 0 Å². The van der Waals surface area contributed by atoms with Crippen molar-refractivity contribution in [3.05, 3.63) is 33.6 Å². The fraction of sp³-hybridized carbons (Fsp3) is 0.364. The number of hydrogen-bond donors (Lipinski definition) is 0. The summed E-state index contributed by atoms with van der Waals surface area (Å²) in [5, 5.41) is -0.179. The Bertz CT molecular complexity index is 425. The van der Waals surface area contributed by atoms with Crippen LogP contribution in [0.2, 0.25) is 10.0 Å². The van der Waals surface area contributed by atoms with Gasteiger partial charge in [0.2, 0.25) is 0 Å². The second-order valence-corrected chi connectivity index (χ2v) is 5.06. The van der Waals surface area contributed by atoms with Crippen LogP contribution < -0.4 is 0 Å². The minimum absolute atomic E-state index is 0.0175. The summed E-state index contributed by atoms with van der Waals surface area (Å²) in [5.74, 6) is -1.29. The summed E-state index contributed by atoms with van der Waals surface area (Å²) in [6.07, 6.45) is 0. The lowest BCUT2D eigenvalue weighted by Crippen LogP contribution is -2.24. The Balaban J connectivity index is 3.05. The van der Waals surface area contributed by atoms with Crippen LogP contribution in [0, 0.1) is 5.82 Å². The molecular formula is C11H11Cl2FO2. The van der Waals surface area contributed by atoms with Gasteiger partial charge >= 0.3 is 5.97 Å². The highest BCUT2D eigenvalue weighted by atomic mass is 35.5. The second-order valence-electron chi connectivity index (χ2n) is 4.25. The van der Waals surface area contributed by atoms with Crippen molar-refractivity contribution < 1.29 is 13.9 Å². The molecule has 0 heterocycles. The monoisotopic (exact) mass is 264 g/mol. The quantitative estimate of drug-likeness (QED) is 0.564. The van der Waals surface area contributed by atoms with Crippen molar-refractivity contribution >= 4 is 29.2 Å². The van der Waals surface area contributed by atoms with Gasteiger partial charge in [-0.15, -0.1) is 0 Å². The lowest BCUT2D eigenvalue weighted by molar-refractivity contribution is 0.00697. The molecule has 0 amide bonds. The maximum absolute atomic E-state index is 13.0. The average Bonchev–Trinajstić information content (AvgIpc) is 2.08. The molecule has 16 heavy (non-hydrogen) atoms. The van der Waals surface area contributed by atoms with Crippen LogP contribution in [-0.4, -0.2) is 11.6 Å². The molecule has 0 fully saturated rings. The van der Waals surface area contributed by atoms with E-state index in [-0.39, 0.29) is 15.6 Å². The zero-order valence-electron chi connectivity index (χ0n) is 9.11. The third-order valence-corrected chi connectivity index (χ3v) is 2.23. The minimum Gasteiger partial charge on any atom is -0.456 e. The van der Waals surface area contributed by atoms with E-state index in [4.69, 9.17) is 27.9 Å². The normalized spacial score (nSPS) is 11.4. The fourth-order valence-corrected chi connectivity index (χ4v) is 1.40. The first kappa shape index (κ1) is 13.3. The maximum atomic E-state index is 13.0. The van der Waals surface area contributed by atoms with Crippen molar-refractivity contribution in [1.29, 1.82) is 0 Å². The van der Waals surface area contributed by atoms with Gasteiger partial charge in [-0.2, -0.15) is 0 Å². The Labute approximate surface area is 103 Å². The largest absolute Gasteiger partial charge is 0.456 e. The molecule has 1 aromatic rings. The summed E-state index contributed by atoms with van der Waals surface area (Å²) in [6, 6.07) is 2.15. The van der Waals surface area contributed by atoms with Gasteiger partial charge in [-0.25, -0.2) is 9.18 Å². The molecule has 0 aliphatic rings. The molecule has 0 aliphatic carbocycles. The van der Waals surface area contributed by atoms with Gasteiger partial charge in [-0.1, -0.05) is 23.2 Å². The standard InChI is InChI=1S/C11H11Cl2FO2/c1-11(2,3)16-10(15)6-4-8(13)9(14)5-7(6)12/h4-5H,1-3H3. The highest BCUT2D eigenvalue weighted by molar-refractivity contribution is 6.35. The van der Waals surface area contributed by atoms with E-state index in [9.17, 15) is 9.18 Å². The highest BCUT2D eigenvalue weighted by Gasteiger charge is 2.21. The van der Waals surface area contributed by atoms with Crippen LogP contribution in [0.1, 0.15) is 31.1 Å². The smallest absolute Gasteiger partial charge is 0.340 e. The summed E-state index contributed by atoms with van der Waals surface area (Å²) >= 11 is 11.3. The first-order valence-electron chi connectivity index (χ1n) is 4.58. The van der Waals surface area contributed by atoms with Crippen molar-refractivity contribution in [2.45, 2.75) is 26.4 Å². The van der Waals surface area contributed by atoms with Crippen LogP contribution in [0.4, 0.5) is 4.39 Å². The SMILES string of the molecule is CC(C)(C)OC(=O)c1cc(Cl)c(F)cc1Cl. The molecule has 2 nitrogen and oxygen atoms in total. The molecular weight excluding hydrogens is 254 g/mol. The Morgan fingerprint density at radius 1 is 1.25 bits per heavy atom. The molecule has 5 heteroatoms. The number of carbonyl (C=O) groups excluding carboxylic acids is 1. The van der Waals surface area contributed by atoms with Crippen LogP contribution in [0.25, 0.3) is 0 Å². The summed E-state index contributed by atoms with van der Waals surface area (Å²) in [4.78, 5) is 11.7. The maximum Gasteiger partial charge on any atom is 0.340 e. The van der Waals surface area contributed by atoms with Gasteiger partial charge in [0.1, 0.15) is 11.4 Å². The molecule has 0 unspecified atom stereocenters. The van der Waals surface area contributed by atoms with Crippen LogP contribution in [-0.2, 0) is 4.74 Å². The van der Waals surface area contributed by atoms with Gasteiger partial charge in [-0.3, -0.25) is 0 Å². The first-order chi connectivity index (χ1) is 7.20. The number of hydrogen-bond acceptors (Lipinski definition) is 2. The molecule has 0 radical (unpaired) electrons. The van der Waals surface area contributed by atoms with Gasteiger partial charge in [0.05, 0.1) is 15.6 Å². The second kappa shape index (κ2) is 4.60. The van der Waals surface area contributed by atoms with Crippen LogP contribution in [0.15, 0.2) is 12.1 Å². The van der Waals surface area contributed by atoms with E-state index in [0.29, 0.717) is 0 Å². The summed E-state index contributed by atoms with van der Waals surface area (Å²) in [6.45, 7) is 5.18.